The summed E-state index contributed by atoms with van der Waals surface area (Å²) in [6.07, 6.45) is 48.3. The average Bonchev–Trinajstić information content (AvgIpc) is 3.71. The molecule has 3 N–H and O–H groups in total. The fourth-order valence-electron chi connectivity index (χ4n) is 10.2. The van der Waals surface area contributed by atoms with E-state index in [2.05, 4.69) is 72.8 Å². The number of aliphatic hydroxyl groups is 1. The van der Waals surface area contributed by atoms with Crippen LogP contribution in [0.2, 0.25) is 0 Å². The van der Waals surface area contributed by atoms with Crippen molar-refractivity contribution in [3.63, 3.8) is 0 Å². The van der Waals surface area contributed by atoms with Crippen molar-refractivity contribution in [1.29, 1.82) is 0 Å². The molecule has 530 valence electrons. The first-order valence-electron chi connectivity index (χ1n) is 36.2. The van der Waals surface area contributed by atoms with Crippen molar-refractivity contribution in [3.05, 3.63) is 24.3 Å². The van der Waals surface area contributed by atoms with Crippen LogP contribution < -0.4 is 0 Å². The van der Waals surface area contributed by atoms with E-state index in [4.69, 9.17) is 37.0 Å². The van der Waals surface area contributed by atoms with Gasteiger partial charge in [-0.1, -0.05) is 278 Å². The van der Waals surface area contributed by atoms with Gasteiger partial charge in [-0.25, -0.2) is 9.13 Å². The van der Waals surface area contributed by atoms with Crippen LogP contribution in [0.5, 0.6) is 0 Å². The van der Waals surface area contributed by atoms with Gasteiger partial charge in [-0.3, -0.25) is 37.3 Å². The Bertz CT molecular complexity index is 1860. The van der Waals surface area contributed by atoms with Gasteiger partial charge in [0.25, 0.3) is 0 Å². The van der Waals surface area contributed by atoms with Crippen LogP contribution in [0.4, 0.5) is 0 Å². The van der Waals surface area contributed by atoms with Crippen molar-refractivity contribution in [1.82, 2.24) is 0 Å². The van der Waals surface area contributed by atoms with E-state index >= 15 is 0 Å². The van der Waals surface area contributed by atoms with Crippen LogP contribution in [0, 0.1) is 17.8 Å². The van der Waals surface area contributed by atoms with Crippen LogP contribution in [0.3, 0.4) is 0 Å². The number of phosphoric acid groups is 2. The van der Waals surface area contributed by atoms with Gasteiger partial charge in [0.1, 0.15) is 19.3 Å². The quantitative estimate of drug-likeness (QED) is 0.0169. The molecule has 17 nitrogen and oxygen atoms in total. The van der Waals surface area contributed by atoms with Crippen LogP contribution in [0.15, 0.2) is 24.3 Å². The highest BCUT2D eigenvalue weighted by Gasteiger charge is 2.30. The van der Waals surface area contributed by atoms with Crippen LogP contribution in [0.25, 0.3) is 0 Å². The maximum absolute atomic E-state index is 13.0. The molecule has 3 unspecified atom stereocenters. The lowest BCUT2D eigenvalue weighted by Gasteiger charge is -2.21. The number of ether oxygens (including phenoxy) is 4. The second kappa shape index (κ2) is 61.4. The highest BCUT2D eigenvalue weighted by molar-refractivity contribution is 7.47. The number of aliphatic hydroxyl groups excluding tert-OH is 1. The molecule has 0 saturated carbocycles. The summed E-state index contributed by atoms with van der Waals surface area (Å²) in [5.74, 6) is -0.00565. The van der Waals surface area contributed by atoms with Crippen molar-refractivity contribution in [3.8, 4) is 0 Å². The zero-order chi connectivity index (χ0) is 66.6. The van der Waals surface area contributed by atoms with E-state index in [0.717, 1.165) is 121 Å². The largest absolute Gasteiger partial charge is 0.472 e. The van der Waals surface area contributed by atoms with Crippen LogP contribution in [0.1, 0.15) is 331 Å². The molecule has 0 aliphatic rings. The lowest BCUT2D eigenvalue weighted by molar-refractivity contribution is -0.161. The fraction of sp³-hybridized carbons (Fsp3) is 0.887. The van der Waals surface area contributed by atoms with E-state index in [1.807, 2.05) is 0 Å². The van der Waals surface area contributed by atoms with E-state index in [9.17, 15) is 43.2 Å². The minimum Gasteiger partial charge on any atom is -0.462 e. The Kier molecular flexibility index (Phi) is 59.7. The number of unbranched alkanes of at least 4 members (excludes halogenated alkanes) is 32. The van der Waals surface area contributed by atoms with Gasteiger partial charge in [0.05, 0.1) is 26.4 Å². The van der Waals surface area contributed by atoms with Crippen molar-refractivity contribution >= 4 is 39.5 Å². The molecule has 0 aromatic rings. The molecule has 0 spiro atoms. The van der Waals surface area contributed by atoms with Crippen molar-refractivity contribution in [2.24, 2.45) is 17.8 Å². The Morgan fingerprint density at radius 3 is 0.900 bits per heavy atom. The van der Waals surface area contributed by atoms with E-state index < -0.39 is 97.5 Å². The molecule has 0 fully saturated rings. The molecule has 19 heteroatoms. The van der Waals surface area contributed by atoms with Gasteiger partial charge in [0, 0.05) is 25.7 Å². The average molecular weight is 1320 g/mol. The molecule has 0 bridgehead atoms. The molecule has 0 rings (SSSR count). The molecule has 0 amide bonds. The summed E-state index contributed by atoms with van der Waals surface area (Å²) in [6.45, 7) is 11.6. The van der Waals surface area contributed by atoms with Crippen LogP contribution in [-0.2, 0) is 65.4 Å². The normalized spacial score (nSPS) is 14.4. The topological polar surface area (TPSA) is 237 Å². The van der Waals surface area contributed by atoms with Gasteiger partial charge in [-0.2, -0.15) is 0 Å². The monoisotopic (exact) mass is 1320 g/mol. The molecular formula is C71H134O17P2. The first-order chi connectivity index (χ1) is 43.2. The Morgan fingerprint density at radius 1 is 0.344 bits per heavy atom. The minimum atomic E-state index is -4.96. The van der Waals surface area contributed by atoms with Crippen LogP contribution >= 0.6 is 15.6 Å². The standard InChI is InChI=1S/C71H134O17P2/c1-8-9-10-11-12-13-14-15-16-19-22-25-30-38-45-52-68(73)81-58-66(87-70(75)54-47-40-31-26-23-20-17-18-21-24-28-35-42-49-62(2)3)60-85-89(77,78)83-56-65(72)57-84-90(79,80)86-61-67(88-71(76)55-48-41-34-33-37-44-51-64(6)7)59-82-69(74)53-46-39-32-27-29-36-43-50-63(4)5/h13-16,62-67,72H,8-12,17-61H2,1-7H3,(H,77,78)(H,79,80)/b14-13-,16-15-/t65?,66-,67-/m1/s1. The Labute approximate surface area is 548 Å². The summed E-state index contributed by atoms with van der Waals surface area (Å²) >= 11 is 0. The predicted octanol–water partition coefficient (Wildman–Crippen LogP) is 19.8. The number of hydrogen-bond acceptors (Lipinski definition) is 15. The number of hydrogen-bond donors (Lipinski definition) is 3. The van der Waals surface area contributed by atoms with Gasteiger partial charge in [-0.05, 0) is 69.1 Å². The number of rotatable bonds is 67. The van der Waals surface area contributed by atoms with E-state index in [0.29, 0.717) is 37.5 Å². The van der Waals surface area contributed by atoms with Crippen molar-refractivity contribution in [2.45, 2.75) is 349 Å². The molecule has 90 heavy (non-hydrogen) atoms. The Hall–Kier alpha value is -2.46. The molecule has 0 aromatic carbocycles. The highest BCUT2D eigenvalue weighted by Crippen LogP contribution is 2.45. The second-order valence-electron chi connectivity index (χ2n) is 26.4. The second-order valence-corrected chi connectivity index (χ2v) is 29.3. The predicted molar refractivity (Wildman–Crippen MR) is 363 cm³/mol. The highest BCUT2D eigenvalue weighted by atomic mass is 31.2. The van der Waals surface area contributed by atoms with E-state index in [-0.39, 0.29) is 25.7 Å². The SMILES string of the molecule is CCCCCC/C=C\C=C/CCCCCCCC(=O)OC[C@H](COP(=O)(O)OCC(O)COP(=O)(O)OC[C@@H](COC(=O)CCCCCCCCCC(C)C)OC(=O)CCCCCCCCC(C)C)OC(=O)CCCCCCCCCCCCCCCC(C)C. The van der Waals surface area contributed by atoms with Crippen molar-refractivity contribution < 1.29 is 80.2 Å². The molecular weight excluding hydrogens is 1190 g/mol. The molecule has 0 aromatic heterocycles. The third-order valence-electron chi connectivity index (χ3n) is 15.8. The summed E-state index contributed by atoms with van der Waals surface area (Å²) in [5.41, 5.74) is 0. The zero-order valence-electron chi connectivity index (χ0n) is 58.1. The Morgan fingerprint density at radius 2 is 0.600 bits per heavy atom. The lowest BCUT2D eigenvalue weighted by Crippen LogP contribution is -2.30. The summed E-state index contributed by atoms with van der Waals surface area (Å²) in [7, 11) is -9.91. The first-order valence-corrected chi connectivity index (χ1v) is 39.2. The van der Waals surface area contributed by atoms with Gasteiger partial charge >= 0.3 is 39.5 Å². The number of carbonyl (C=O) groups excluding carboxylic acids is 4. The van der Waals surface area contributed by atoms with E-state index in [1.165, 1.54) is 116 Å². The number of esters is 4. The Balaban J connectivity index is 5.27. The molecule has 0 radical (unpaired) electrons. The summed E-state index contributed by atoms with van der Waals surface area (Å²) in [5, 5.41) is 10.6. The summed E-state index contributed by atoms with van der Waals surface area (Å²) in [4.78, 5) is 72.5. The third kappa shape index (κ3) is 64.3. The summed E-state index contributed by atoms with van der Waals surface area (Å²) in [6, 6.07) is 0. The molecule has 0 saturated heterocycles. The van der Waals surface area contributed by atoms with Gasteiger partial charge in [0.2, 0.25) is 0 Å². The summed E-state index contributed by atoms with van der Waals surface area (Å²) < 4.78 is 68.2. The van der Waals surface area contributed by atoms with Gasteiger partial charge in [0.15, 0.2) is 12.2 Å². The van der Waals surface area contributed by atoms with Gasteiger partial charge < -0.3 is 33.8 Å². The number of allylic oxidation sites excluding steroid dienone is 4. The molecule has 0 aliphatic carbocycles. The third-order valence-corrected chi connectivity index (χ3v) is 17.7. The number of carbonyl (C=O) groups is 4. The maximum Gasteiger partial charge on any atom is 0.472 e. The molecule has 0 heterocycles. The molecule has 5 atom stereocenters. The zero-order valence-corrected chi connectivity index (χ0v) is 59.9. The van der Waals surface area contributed by atoms with E-state index in [1.54, 1.807) is 0 Å². The first kappa shape index (κ1) is 87.5. The van der Waals surface area contributed by atoms with Gasteiger partial charge in [-0.15, -0.1) is 0 Å². The van der Waals surface area contributed by atoms with Crippen molar-refractivity contribution in [2.75, 3.05) is 39.6 Å². The number of phosphoric ester groups is 2. The smallest absolute Gasteiger partial charge is 0.462 e. The lowest BCUT2D eigenvalue weighted by atomic mass is 10.0. The molecule has 0 aliphatic heterocycles. The minimum absolute atomic E-state index is 0.0987. The van der Waals surface area contributed by atoms with Crippen LogP contribution in [-0.4, -0.2) is 96.7 Å². The maximum atomic E-state index is 13.0. The fourth-order valence-corrected chi connectivity index (χ4v) is 11.8.